The highest BCUT2D eigenvalue weighted by Gasteiger charge is 2.28. The first-order chi connectivity index (χ1) is 10.1. The van der Waals surface area contributed by atoms with E-state index in [1.165, 1.54) is 5.56 Å². The molecule has 0 bridgehead atoms. The highest BCUT2D eigenvalue weighted by Crippen LogP contribution is 2.42. The van der Waals surface area contributed by atoms with E-state index in [1.807, 2.05) is 31.2 Å². The van der Waals surface area contributed by atoms with Crippen molar-refractivity contribution in [1.82, 2.24) is 0 Å². The lowest BCUT2D eigenvalue weighted by molar-refractivity contribution is 0.0654. The average molecular weight is 349 g/mol. The number of methoxy groups -OCH3 is 1. The Morgan fingerprint density at radius 2 is 2.05 bits per heavy atom. The van der Waals surface area contributed by atoms with Gasteiger partial charge in [0, 0.05) is 22.5 Å². The van der Waals surface area contributed by atoms with Crippen molar-refractivity contribution in [2.75, 3.05) is 7.11 Å². The van der Waals surface area contributed by atoms with Crippen LogP contribution in [0.15, 0.2) is 40.9 Å². The van der Waals surface area contributed by atoms with Gasteiger partial charge in [0.2, 0.25) is 0 Å². The van der Waals surface area contributed by atoms with Crippen LogP contribution in [0.3, 0.4) is 0 Å². The Balaban J connectivity index is 1.94. The minimum Gasteiger partial charge on any atom is -0.497 e. The van der Waals surface area contributed by atoms with Gasteiger partial charge in [0.1, 0.15) is 17.6 Å². The number of rotatable bonds is 2. The maximum absolute atomic E-state index is 10.3. The Bertz CT molecular complexity index is 669. The normalized spacial score (nSPS) is 20.6. The van der Waals surface area contributed by atoms with Crippen LogP contribution in [0.1, 0.15) is 35.3 Å². The van der Waals surface area contributed by atoms with Crippen molar-refractivity contribution >= 4 is 15.9 Å². The summed E-state index contributed by atoms with van der Waals surface area (Å²) < 4.78 is 12.3. The summed E-state index contributed by atoms with van der Waals surface area (Å²) in [6.07, 6.45) is -0.129. The first-order valence-corrected chi connectivity index (χ1v) is 7.66. The molecule has 3 rings (SSSR count). The lowest BCUT2D eigenvalue weighted by Gasteiger charge is -2.30. The molecule has 0 spiro atoms. The van der Waals surface area contributed by atoms with Gasteiger partial charge in [-0.1, -0.05) is 28.1 Å². The third-order valence-corrected chi connectivity index (χ3v) is 4.71. The van der Waals surface area contributed by atoms with Crippen LogP contribution in [0.5, 0.6) is 11.5 Å². The molecule has 1 unspecified atom stereocenters. The van der Waals surface area contributed by atoms with Gasteiger partial charge >= 0.3 is 0 Å². The van der Waals surface area contributed by atoms with Gasteiger partial charge in [-0.25, -0.2) is 0 Å². The number of halogens is 1. The highest BCUT2D eigenvalue weighted by atomic mass is 79.9. The molecule has 2 aromatic carbocycles. The fraction of sp³-hybridized carbons (Fsp3) is 0.294. The van der Waals surface area contributed by atoms with Crippen molar-refractivity contribution in [3.05, 3.63) is 57.6 Å². The molecule has 1 heterocycles. The largest absolute Gasteiger partial charge is 0.497 e. The van der Waals surface area contributed by atoms with E-state index in [0.29, 0.717) is 12.2 Å². The molecule has 2 atom stereocenters. The van der Waals surface area contributed by atoms with E-state index in [-0.39, 0.29) is 6.10 Å². The molecule has 1 N–H and O–H groups in total. The molecule has 4 heteroatoms. The summed E-state index contributed by atoms with van der Waals surface area (Å²) in [5.41, 5.74) is 3.05. The van der Waals surface area contributed by atoms with Crippen molar-refractivity contribution in [2.24, 2.45) is 0 Å². The summed E-state index contributed by atoms with van der Waals surface area (Å²) >= 11 is 3.54. The molecule has 3 nitrogen and oxygen atoms in total. The van der Waals surface area contributed by atoms with E-state index in [4.69, 9.17) is 9.47 Å². The van der Waals surface area contributed by atoms with Crippen LogP contribution in [0.25, 0.3) is 0 Å². The standard InChI is InChI=1S/C17H17BrO3/c1-10-3-4-11(7-14(10)18)16-9-15(19)13-6-5-12(20-2)8-17(13)21-16/h3-8,15-16,19H,9H2,1-2H3/t15-,16?/m0/s1. The second-order valence-electron chi connectivity index (χ2n) is 5.27. The third-order valence-electron chi connectivity index (χ3n) is 3.85. The molecule has 0 aromatic heterocycles. The van der Waals surface area contributed by atoms with Crippen molar-refractivity contribution in [3.8, 4) is 11.5 Å². The maximum Gasteiger partial charge on any atom is 0.129 e. The number of benzene rings is 2. The third kappa shape index (κ3) is 2.78. The second-order valence-corrected chi connectivity index (χ2v) is 6.12. The van der Waals surface area contributed by atoms with Crippen LogP contribution >= 0.6 is 15.9 Å². The minimum absolute atomic E-state index is 0.156. The first-order valence-electron chi connectivity index (χ1n) is 6.87. The first kappa shape index (κ1) is 14.4. The van der Waals surface area contributed by atoms with Crippen LogP contribution in [-0.2, 0) is 0 Å². The zero-order valence-corrected chi connectivity index (χ0v) is 13.6. The highest BCUT2D eigenvalue weighted by molar-refractivity contribution is 9.10. The number of aliphatic hydroxyl groups excluding tert-OH is 1. The van der Waals surface area contributed by atoms with Crippen molar-refractivity contribution < 1.29 is 14.6 Å². The second kappa shape index (κ2) is 5.70. The monoisotopic (exact) mass is 348 g/mol. The van der Waals surface area contributed by atoms with Gasteiger partial charge < -0.3 is 14.6 Å². The number of ether oxygens (including phenoxy) is 2. The molecule has 0 saturated carbocycles. The zero-order chi connectivity index (χ0) is 15.0. The SMILES string of the molecule is COc1ccc2c(c1)OC(c1ccc(C)c(Br)c1)C[C@@H]2O. The number of fused-ring (bicyclic) bond motifs is 1. The molecule has 1 aliphatic heterocycles. The van der Waals surface area contributed by atoms with E-state index in [1.54, 1.807) is 7.11 Å². The summed E-state index contributed by atoms with van der Waals surface area (Å²) in [4.78, 5) is 0. The molecule has 21 heavy (non-hydrogen) atoms. The van der Waals surface area contributed by atoms with Crippen LogP contribution in [0.2, 0.25) is 0 Å². The Kier molecular flexibility index (Phi) is 3.91. The van der Waals surface area contributed by atoms with Gasteiger partial charge in [0.25, 0.3) is 0 Å². The molecule has 0 radical (unpaired) electrons. The van der Waals surface area contributed by atoms with E-state index in [2.05, 4.69) is 28.1 Å². The van der Waals surface area contributed by atoms with Crippen LogP contribution < -0.4 is 9.47 Å². The average Bonchev–Trinajstić information content (AvgIpc) is 2.49. The van der Waals surface area contributed by atoms with E-state index in [9.17, 15) is 5.11 Å². The lowest BCUT2D eigenvalue weighted by Crippen LogP contribution is -2.19. The Morgan fingerprint density at radius 3 is 2.76 bits per heavy atom. The summed E-state index contributed by atoms with van der Waals surface area (Å²) in [6, 6.07) is 11.7. The van der Waals surface area contributed by atoms with Crippen LogP contribution in [0.4, 0.5) is 0 Å². The maximum atomic E-state index is 10.3. The Hall–Kier alpha value is -1.52. The fourth-order valence-electron chi connectivity index (χ4n) is 2.56. The quantitative estimate of drug-likeness (QED) is 0.877. The Labute approximate surface area is 132 Å². The number of hydrogen-bond donors (Lipinski definition) is 1. The van der Waals surface area contributed by atoms with Crippen LogP contribution in [-0.4, -0.2) is 12.2 Å². The molecular formula is C17H17BrO3. The molecular weight excluding hydrogens is 332 g/mol. The molecule has 110 valence electrons. The van der Waals surface area contributed by atoms with E-state index >= 15 is 0 Å². The lowest BCUT2D eigenvalue weighted by atomic mass is 9.94. The molecule has 0 amide bonds. The molecule has 0 fully saturated rings. The van der Waals surface area contributed by atoms with Gasteiger partial charge in [0.15, 0.2) is 0 Å². The summed E-state index contributed by atoms with van der Waals surface area (Å²) in [6.45, 7) is 2.05. The molecule has 0 saturated heterocycles. The number of hydrogen-bond acceptors (Lipinski definition) is 3. The predicted molar refractivity (Wildman–Crippen MR) is 84.8 cm³/mol. The van der Waals surface area contributed by atoms with Gasteiger partial charge in [-0.2, -0.15) is 0 Å². The number of aryl methyl sites for hydroxylation is 1. The molecule has 2 aromatic rings. The minimum atomic E-state index is -0.523. The molecule has 1 aliphatic rings. The van der Waals surface area contributed by atoms with Gasteiger partial charge in [-0.3, -0.25) is 0 Å². The predicted octanol–water partition coefficient (Wildman–Crippen LogP) is 4.32. The van der Waals surface area contributed by atoms with Crippen molar-refractivity contribution in [1.29, 1.82) is 0 Å². The topological polar surface area (TPSA) is 38.7 Å². The summed E-state index contributed by atoms with van der Waals surface area (Å²) in [5.74, 6) is 1.42. The zero-order valence-electron chi connectivity index (χ0n) is 12.0. The number of aliphatic hydroxyl groups is 1. The van der Waals surface area contributed by atoms with Gasteiger partial charge in [-0.15, -0.1) is 0 Å². The molecule has 0 aliphatic carbocycles. The summed E-state index contributed by atoms with van der Waals surface area (Å²) in [5, 5.41) is 10.3. The smallest absolute Gasteiger partial charge is 0.129 e. The van der Waals surface area contributed by atoms with Crippen molar-refractivity contribution in [2.45, 2.75) is 25.6 Å². The van der Waals surface area contributed by atoms with Crippen molar-refractivity contribution in [3.63, 3.8) is 0 Å². The summed E-state index contributed by atoms with van der Waals surface area (Å²) in [7, 11) is 1.62. The fourth-order valence-corrected chi connectivity index (χ4v) is 2.96. The Morgan fingerprint density at radius 1 is 1.24 bits per heavy atom. The van der Waals surface area contributed by atoms with Gasteiger partial charge in [-0.05, 0) is 36.2 Å². The van der Waals surface area contributed by atoms with Gasteiger partial charge in [0.05, 0.1) is 13.2 Å². The van der Waals surface area contributed by atoms with E-state index < -0.39 is 6.10 Å². The van der Waals surface area contributed by atoms with E-state index in [0.717, 1.165) is 21.3 Å². The van der Waals surface area contributed by atoms with Crippen LogP contribution in [0, 0.1) is 6.92 Å².